The number of methoxy groups -OCH3 is 1. The number of carbonyl (C=O) groups is 2. The van der Waals surface area contributed by atoms with Gasteiger partial charge in [0.25, 0.3) is 11.4 Å². The molecular formula is C15H9IN2O8. The lowest BCUT2D eigenvalue weighted by molar-refractivity contribution is -0.394. The summed E-state index contributed by atoms with van der Waals surface area (Å²) in [5.74, 6) is -0.975. The number of rotatable bonds is 6. The summed E-state index contributed by atoms with van der Waals surface area (Å²) in [6.45, 7) is 0. The summed E-state index contributed by atoms with van der Waals surface area (Å²) in [5, 5.41) is 21.8. The molecule has 0 heterocycles. The van der Waals surface area contributed by atoms with E-state index < -0.39 is 27.2 Å². The summed E-state index contributed by atoms with van der Waals surface area (Å²) in [4.78, 5) is 43.3. The van der Waals surface area contributed by atoms with Crippen LogP contribution >= 0.6 is 22.6 Å². The Bertz CT molecular complexity index is 896. The van der Waals surface area contributed by atoms with Gasteiger partial charge in [-0.2, -0.15) is 0 Å². The Morgan fingerprint density at radius 3 is 2.12 bits per heavy atom. The van der Waals surface area contributed by atoms with Gasteiger partial charge in [0.1, 0.15) is 6.29 Å². The van der Waals surface area contributed by atoms with E-state index in [9.17, 15) is 29.8 Å². The molecule has 0 atom stereocenters. The fraction of sp³-hybridized carbons (Fsp3) is 0.0667. The molecule has 0 unspecified atom stereocenters. The van der Waals surface area contributed by atoms with Crippen molar-refractivity contribution in [3.05, 3.63) is 65.3 Å². The topological polar surface area (TPSA) is 139 Å². The van der Waals surface area contributed by atoms with Crippen molar-refractivity contribution in [1.82, 2.24) is 0 Å². The third-order valence-electron chi connectivity index (χ3n) is 3.14. The molecule has 0 N–H and O–H groups in total. The number of nitro groups is 2. The van der Waals surface area contributed by atoms with Crippen LogP contribution in [-0.2, 0) is 0 Å². The van der Waals surface area contributed by atoms with E-state index in [1.54, 1.807) is 0 Å². The largest absolute Gasteiger partial charge is 0.493 e. The van der Waals surface area contributed by atoms with Gasteiger partial charge in [0.15, 0.2) is 11.5 Å². The van der Waals surface area contributed by atoms with E-state index in [1.165, 1.54) is 19.2 Å². The molecule has 0 bridgehead atoms. The number of nitro benzene ring substituents is 2. The minimum absolute atomic E-state index is 0.0159. The van der Waals surface area contributed by atoms with E-state index in [2.05, 4.69) is 0 Å². The van der Waals surface area contributed by atoms with Crippen molar-refractivity contribution in [3.63, 3.8) is 0 Å². The Morgan fingerprint density at radius 2 is 1.65 bits per heavy atom. The average molecular weight is 472 g/mol. The Hall–Kier alpha value is -3.09. The summed E-state index contributed by atoms with van der Waals surface area (Å²) in [5.41, 5.74) is -1.33. The number of hydrogen-bond donors (Lipinski definition) is 0. The third kappa shape index (κ3) is 4.11. The number of benzene rings is 2. The van der Waals surface area contributed by atoms with Crippen molar-refractivity contribution in [2.45, 2.75) is 0 Å². The highest BCUT2D eigenvalue weighted by atomic mass is 127. The van der Waals surface area contributed by atoms with Crippen LogP contribution in [0, 0.1) is 23.8 Å². The summed E-state index contributed by atoms with van der Waals surface area (Å²) in [6.07, 6.45) is 0.584. The van der Waals surface area contributed by atoms with E-state index in [-0.39, 0.29) is 22.6 Å². The molecule has 0 saturated heterocycles. The maximum Gasteiger partial charge on any atom is 0.344 e. The van der Waals surface area contributed by atoms with E-state index in [0.29, 0.717) is 9.86 Å². The van der Waals surface area contributed by atoms with Crippen LogP contribution in [0.2, 0.25) is 0 Å². The van der Waals surface area contributed by atoms with E-state index in [4.69, 9.17) is 9.47 Å². The van der Waals surface area contributed by atoms with Crippen molar-refractivity contribution < 1.29 is 28.9 Å². The van der Waals surface area contributed by atoms with E-state index in [1.807, 2.05) is 22.6 Å². The van der Waals surface area contributed by atoms with E-state index in [0.717, 1.165) is 18.2 Å². The van der Waals surface area contributed by atoms with Gasteiger partial charge in [0, 0.05) is 17.7 Å². The molecule has 26 heavy (non-hydrogen) atoms. The van der Waals surface area contributed by atoms with Crippen LogP contribution in [0.1, 0.15) is 20.7 Å². The van der Waals surface area contributed by atoms with Gasteiger partial charge in [0.2, 0.25) is 0 Å². The summed E-state index contributed by atoms with van der Waals surface area (Å²) >= 11 is 1.81. The second-order valence-electron chi connectivity index (χ2n) is 4.79. The predicted octanol–water partition coefficient (Wildman–Crippen LogP) is 3.15. The summed E-state index contributed by atoms with van der Waals surface area (Å²) in [7, 11) is 1.30. The quantitative estimate of drug-likeness (QED) is 0.156. The lowest BCUT2D eigenvalue weighted by Gasteiger charge is -2.12. The van der Waals surface area contributed by atoms with Gasteiger partial charge in [-0.05, 0) is 34.7 Å². The predicted molar refractivity (Wildman–Crippen MR) is 95.8 cm³/mol. The zero-order valence-corrected chi connectivity index (χ0v) is 15.2. The first-order valence-corrected chi connectivity index (χ1v) is 7.83. The fourth-order valence-electron chi connectivity index (χ4n) is 1.98. The highest BCUT2D eigenvalue weighted by molar-refractivity contribution is 14.1. The van der Waals surface area contributed by atoms with Gasteiger partial charge >= 0.3 is 5.97 Å². The minimum Gasteiger partial charge on any atom is -0.493 e. The number of non-ortho nitro benzene ring substituents is 2. The van der Waals surface area contributed by atoms with Crippen molar-refractivity contribution in [1.29, 1.82) is 0 Å². The third-order valence-corrected chi connectivity index (χ3v) is 3.94. The van der Waals surface area contributed by atoms with Gasteiger partial charge in [-0.25, -0.2) is 4.79 Å². The molecule has 134 valence electrons. The van der Waals surface area contributed by atoms with Crippen LogP contribution in [0.15, 0.2) is 30.3 Å². The Labute approximate surface area is 159 Å². The standard InChI is InChI=1S/C15H9IN2O8/c1-25-13-3-8(7-19)2-12(16)14(13)26-15(20)9-4-10(17(21)22)6-11(5-9)18(23)24/h2-7H,1H3. The number of ether oxygens (including phenoxy) is 2. The number of halogens is 1. The molecular weight excluding hydrogens is 463 g/mol. The van der Waals surface area contributed by atoms with Crippen LogP contribution in [0.3, 0.4) is 0 Å². The van der Waals surface area contributed by atoms with Crippen molar-refractivity contribution in [2.75, 3.05) is 7.11 Å². The Kier molecular flexibility index (Phi) is 5.82. The number of hydrogen-bond acceptors (Lipinski definition) is 8. The Morgan fingerprint density at radius 1 is 1.08 bits per heavy atom. The molecule has 0 saturated carbocycles. The van der Waals surface area contributed by atoms with Gasteiger partial charge < -0.3 is 9.47 Å². The van der Waals surface area contributed by atoms with Crippen LogP contribution in [0.25, 0.3) is 0 Å². The molecule has 0 amide bonds. The second kappa shape index (κ2) is 7.86. The van der Waals surface area contributed by atoms with Crippen molar-refractivity contribution in [2.24, 2.45) is 0 Å². The SMILES string of the molecule is COc1cc(C=O)cc(I)c1OC(=O)c1cc([N+](=O)[O-])cc([N+](=O)[O-])c1. The van der Waals surface area contributed by atoms with Gasteiger partial charge in [-0.15, -0.1) is 0 Å². The smallest absolute Gasteiger partial charge is 0.344 e. The molecule has 0 fully saturated rings. The number of nitrogens with zero attached hydrogens (tertiary/aromatic N) is 2. The highest BCUT2D eigenvalue weighted by Gasteiger charge is 2.23. The normalized spacial score (nSPS) is 10.1. The molecule has 0 aliphatic rings. The van der Waals surface area contributed by atoms with Gasteiger partial charge in [-0.1, -0.05) is 0 Å². The van der Waals surface area contributed by atoms with Crippen molar-refractivity contribution in [3.8, 4) is 11.5 Å². The molecule has 11 heteroatoms. The fourth-order valence-corrected chi connectivity index (χ4v) is 2.72. The molecule has 0 aromatic heterocycles. The van der Waals surface area contributed by atoms with Gasteiger partial charge in [-0.3, -0.25) is 25.0 Å². The lowest BCUT2D eigenvalue weighted by Crippen LogP contribution is -2.11. The minimum atomic E-state index is -1.05. The molecule has 2 rings (SSSR count). The molecule has 2 aromatic carbocycles. The molecule has 10 nitrogen and oxygen atoms in total. The number of carbonyl (C=O) groups excluding carboxylic acids is 2. The zero-order chi connectivity index (χ0) is 19.4. The van der Waals surface area contributed by atoms with Crippen LogP contribution in [0.4, 0.5) is 11.4 Å². The zero-order valence-electron chi connectivity index (χ0n) is 13.0. The lowest BCUT2D eigenvalue weighted by atomic mass is 10.1. The average Bonchev–Trinajstić information content (AvgIpc) is 2.62. The molecule has 0 aliphatic heterocycles. The van der Waals surface area contributed by atoms with Crippen LogP contribution in [-0.4, -0.2) is 29.2 Å². The maximum absolute atomic E-state index is 12.3. The van der Waals surface area contributed by atoms with E-state index >= 15 is 0 Å². The second-order valence-corrected chi connectivity index (χ2v) is 5.96. The first-order chi connectivity index (χ1) is 12.3. The molecule has 0 radical (unpaired) electrons. The maximum atomic E-state index is 12.3. The first-order valence-electron chi connectivity index (χ1n) is 6.75. The van der Waals surface area contributed by atoms with Crippen molar-refractivity contribution >= 4 is 46.2 Å². The van der Waals surface area contributed by atoms with Gasteiger partial charge in [0.05, 0.1) is 32.2 Å². The molecule has 0 spiro atoms. The molecule has 2 aromatic rings. The summed E-state index contributed by atoms with van der Waals surface area (Å²) in [6, 6.07) is 5.26. The molecule has 0 aliphatic carbocycles. The van der Waals surface area contributed by atoms with Crippen LogP contribution in [0.5, 0.6) is 11.5 Å². The Balaban J connectivity index is 2.46. The number of esters is 1. The summed E-state index contributed by atoms with van der Waals surface area (Å²) < 4.78 is 10.6. The van der Waals surface area contributed by atoms with Crippen LogP contribution < -0.4 is 9.47 Å². The first kappa shape index (κ1) is 19.2. The monoisotopic (exact) mass is 472 g/mol. The number of aldehydes is 1. The highest BCUT2D eigenvalue weighted by Crippen LogP contribution is 2.34.